The second-order valence-corrected chi connectivity index (χ2v) is 6.03. The van der Waals surface area contributed by atoms with Crippen LogP contribution in [0, 0.1) is 5.92 Å². The Labute approximate surface area is 148 Å². The molecule has 0 fully saturated rings. The first kappa shape index (κ1) is 19.3. The van der Waals surface area contributed by atoms with Crippen molar-refractivity contribution in [3.63, 3.8) is 0 Å². The Morgan fingerprint density at radius 3 is 1.96 bits per heavy atom. The van der Waals surface area contributed by atoms with Gasteiger partial charge in [0.25, 0.3) is 0 Å². The van der Waals surface area contributed by atoms with E-state index in [1.54, 1.807) is 0 Å². The number of alkyl halides is 6. The zero-order valence-corrected chi connectivity index (χ0v) is 13.2. The molecule has 144 valence electrons. The number of ketones is 1. The van der Waals surface area contributed by atoms with Crippen LogP contribution in [0.3, 0.4) is 0 Å². The number of nitrogens with zero attached hydrogens (tertiary/aromatic N) is 1. The number of aromatic nitrogens is 1. The van der Waals surface area contributed by atoms with Crippen LogP contribution in [0.25, 0.3) is 0 Å². The Kier molecular flexibility index (Phi) is 4.51. The fourth-order valence-corrected chi connectivity index (χ4v) is 3.03. The van der Waals surface area contributed by atoms with Crippen LogP contribution in [-0.4, -0.2) is 21.0 Å². The summed E-state index contributed by atoms with van der Waals surface area (Å²) in [7, 11) is 0. The molecule has 1 aliphatic carbocycles. The smallest absolute Gasteiger partial charge is 0.388 e. The average molecular weight is 391 g/mol. The molecule has 1 aromatic heterocycles. The number of fused-ring (bicyclic) bond motifs is 1. The molecule has 0 saturated carbocycles. The van der Waals surface area contributed by atoms with Crippen molar-refractivity contribution in [1.82, 2.24) is 4.98 Å². The van der Waals surface area contributed by atoms with Crippen LogP contribution in [0.1, 0.15) is 45.1 Å². The average Bonchev–Trinajstić information content (AvgIpc) is 2.84. The predicted molar refractivity (Wildman–Crippen MR) is 78.4 cm³/mol. The number of aliphatic hydroxyl groups is 2. The molecule has 3 unspecified atom stereocenters. The lowest BCUT2D eigenvalue weighted by Gasteiger charge is -2.22. The Hall–Kier alpha value is -2.46. The summed E-state index contributed by atoms with van der Waals surface area (Å²) in [5, 5.41) is 20.6. The van der Waals surface area contributed by atoms with Crippen LogP contribution in [0.5, 0.6) is 0 Å². The Morgan fingerprint density at radius 2 is 1.48 bits per heavy atom. The Balaban J connectivity index is 2.07. The molecule has 2 N–H and O–H groups in total. The minimum absolute atomic E-state index is 0.0511. The van der Waals surface area contributed by atoms with Crippen LogP contribution < -0.4 is 0 Å². The monoisotopic (exact) mass is 391 g/mol. The summed E-state index contributed by atoms with van der Waals surface area (Å²) in [6, 6.07) is 6.20. The van der Waals surface area contributed by atoms with Crippen molar-refractivity contribution < 1.29 is 41.4 Å². The molecule has 1 aliphatic rings. The van der Waals surface area contributed by atoms with E-state index in [4.69, 9.17) is 0 Å². The Morgan fingerprint density at radius 1 is 0.963 bits per heavy atom. The van der Waals surface area contributed by atoms with Crippen LogP contribution in [-0.2, 0) is 12.4 Å². The SMILES string of the molecule is O=C1c2ccccc2C(O)C1C(O)c1cc(C(F)(F)F)nc(C(F)(F)F)c1. The highest BCUT2D eigenvalue weighted by molar-refractivity contribution is 6.03. The molecule has 0 aliphatic heterocycles. The quantitative estimate of drug-likeness (QED) is 0.766. The largest absolute Gasteiger partial charge is 0.433 e. The second-order valence-electron chi connectivity index (χ2n) is 6.03. The lowest BCUT2D eigenvalue weighted by atomic mass is 9.90. The van der Waals surface area contributed by atoms with Crippen molar-refractivity contribution in [2.75, 3.05) is 0 Å². The number of rotatable bonds is 2. The van der Waals surface area contributed by atoms with Gasteiger partial charge in [0.05, 0.1) is 18.1 Å². The van der Waals surface area contributed by atoms with Crippen molar-refractivity contribution in [3.05, 3.63) is 64.5 Å². The first-order chi connectivity index (χ1) is 12.4. The van der Waals surface area contributed by atoms with Gasteiger partial charge in [0, 0.05) is 5.56 Å². The topological polar surface area (TPSA) is 70.4 Å². The third kappa shape index (κ3) is 3.42. The van der Waals surface area contributed by atoms with E-state index in [2.05, 4.69) is 4.98 Å². The van der Waals surface area contributed by atoms with Gasteiger partial charge in [0.15, 0.2) is 5.78 Å². The van der Waals surface area contributed by atoms with Gasteiger partial charge in [-0.1, -0.05) is 24.3 Å². The van der Waals surface area contributed by atoms with Gasteiger partial charge in [-0.3, -0.25) is 4.79 Å². The van der Waals surface area contributed by atoms with E-state index in [1.165, 1.54) is 24.3 Å². The van der Waals surface area contributed by atoms with Gasteiger partial charge in [-0.15, -0.1) is 0 Å². The van der Waals surface area contributed by atoms with E-state index in [0.717, 1.165) is 0 Å². The van der Waals surface area contributed by atoms with Crippen LogP contribution in [0.4, 0.5) is 26.3 Å². The fourth-order valence-electron chi connectivity index (χ4n) is 3.03. The van der Waals surface area contributed by atoms with E-state index in [9.17, 15) is 41.4 Å². The molecule has 27 heavy (non-hydrogen) atoms. The molecule has 3 atom stereocenters. The summed E-state index contributed by atoms with van der Waals surface area (Å²) in [6.07, 6.45) is -14.1. The van der Waals surface area contributed by atoms with E-state index in [0.29, 0.717) is 0 Å². The first-order valence-electron chi connectivity index (χ1n) is 7.57. The van der Waals surface area contributed by atoms with Gasteiger partial charge >= 0.3 is 12.4 Å². The van der Waals surface area contributed by atoms with Crippen molar-refractivity contribution >= 4 is 5.78 Å². The molecule has 2 aromatic rings. The summed E-state index contributed by atoms with van der Waals surface area (Å²) in [6.45, 7) is 0. The summed E-state index contributed by atoms with van der Waals surface area (Å²) in [5.74, 6) is -2.41. The Bertz CT molecular complexity index is 861. The third-order valence-corrected chi connectivity index (χ3v) is 4.30. The van der Waals surface area contributed by atoms with Crippen molar-refractivity contribution in [1.29, 1.82) is 0 Å². The summed E-state index contributed by atoms with van der Waals surface area (Å²) in [5.41, 5.74) is -4.33. The maximum atomic E-state index is 12.9. The lowest BCUT2D eigenvalue weighted by molar-refractivity contribution is -0.150. The van der Waals surface area contributed by atoms with Gasteiger partial charge < -0.3 is 10.2 Å². The minimum atomic E-state index is -5.20. The highest BCUT2D eigenvalue weighted by Crippen LogP contribution is 2.44. The van der Waals surface area contributed by atoms with Gasteiger partial charge in [0.2, 0.25) is 0 Å². The van der Waals surface area contributed by atoms with Gasteiger partial charge in [-0.2, -0.15) is 26.3 Å². The third-order valence-electron chi connectivity index (χ3n) is 4.30. The molecular weight excluding hydrogens is 380 g/mol. The molecule has 0 saturated heterocycles. The highest BCUT2D eigenvalue weighted by atomic mass is 19.4. The standard InChI is InChI=1S/C17H11F6NO3/c18-16(19,20)10-5-7(6-11(24-10)17(21,22)23)13(25)12-14(26)8-3-1-2-4-9(8)15(12)27/h1-6,12-14,25-26H. The molecule has 10 heteroatoms. The van der Waals surface area contributed by atoms with Crippen LogP contribution in [0.15, 0.2) is 36.4 Å². The molecule has 4 nitrogen and oxygen atoms in total. The molecule has 0 bridgehead atoms. The number of hydrogen-bond acceptors (Lipinski definition) is 4. The molecule has 1 heterocycles. The maximum absolute atomic E-state index is 12.9. The summed E-state index contributed by atoms with van der Waals surface area (Å²) < 4.78 is 77.5. The molecule has 0 amide bonds. The van der Waals surface area contributed by atoms with Crippen molar-refractivity contribution in [3.8, 4) is 0 Å². The number of carbonyl (C=O) groups is 1. The van der Waals surface area contributed by atoms with Gasteiger partial charge in [-0.25, -0.2) is 4.98 Å². The summed E-state index contributed by atoms with van der Waals surface area (Å²) >= 11 is 0. The maximum Gasteiger partial charge on any atom is 0.433 e. The molecular formula is C17H11F6NO3. The van der Waals surface area contributed by atoms with Crippen LogP contribution >= 0.6 is 0 Å². The number of aliphatic hydroxyl groups excluding tert-OH is 2. The van der Waals surface area contributed by atoms with E-state index in [1.807, 2.05) is 0 Å². The van der Waals surface area contributed by atoms with Gasteiger partial charge in [-0.05, 0) is 23.3 Å². The number of halogens is 6. The second kappa shape index (κ2) is 6.31. The molecule has 1 aromatic carbocycles. The lowest BCUT2D eigenvalue weighted by Crippen LogP contribution is -2.24. The predicted octanol–water partition coefficient (Wildman–Crippen LogP) is 3.70. The number of hydrogen-bond donors (Lipinski definition) is 2. The zero-order valence-electron chi connectivity index (χ0n) is 13.2. The van der Waals surface area contributed by atoms with E-state index < -0.39 is 53.2 Å². The van der Waals surface area contributed by atoms with Crippen LogP contribution in [0.2, 0.25) is 0 Å². The minimum Gasteiger partial charge on any atom is -0.388 e. The van der Waals surface area contributed by atoms with Crippen molar-refractivity contribution in [2.45, 2.75) is 24.6 Å². The number of benzene rings is 1. The molecule has 0 spiro atoms. The normalized spacial score (nSPS) is 21.3. The number of Topliss-reactive ketones (excluding diaryl/α,β-unsaturated/α-hetero) is 1. The van der Waals surface area contributed by atoms with Gasteiger partial charge in [0.1, 0.15) is 11.4 Å². The zero-order chi connectivity index (χ0) is 20.1. The number of pyridine rings is 1. The molecule has 0 radical (unpaired) electrons. The van der Waals surface area contributed by atoms with E-state index >= 15 is 0 Å². The number of carbonyl (C=O) groups excluding carboxylic acids is 1. The highest BCUT2D eigenvalue weighted by Gasteiger charge is 2.45. The van der Waals surface area contributed by atoms with Crippen molar-refractivity contribution in [2.24, 2.45) is 5.92 Å². The fraction of sp³-hybridized carbons (Fsp3) is 0.294. The van der Waals surface area contributed by atoms with E-state index in [-0.39, 0.29) is 23.3 Å². The summed E-state index contributed by atoms with van der Waals surface area (Å²) in [4.78, 5) is 15.0. The molecule has 3 rings (SSSR count). The first-order valence-corrected chi connectivity index (χ1v) is 7.57.